The molecule has 1 aromatic carbocycles. The summed E-state index contributed by atoms with van der Waals surface area (Å²) in [7, 11) is -3.50. The first kappa shape index (κ1) is 14.8. The fourth-order valence-electron chi connectivity index (χ4n) is 1.56. The van der Waals surface area contributed by atoms with Gasteiger partial charge in [0.2, 0.25) is 0 Å². The number of rotatable bonds is 7. The molecule has 0 radical (unpaired) electrons. The summed E-state index contributed by atoms with van der Waals surface area (Å²) < 4.78 is 24.1. The lowest BCUT2D eigenvalue weighted by Crippen LogP contribution is -2.31. The minimum atomic E-state index is -3.50. The molecule has 0 bridgehead atoms. The normalized spacial score (nSPS) is 15.0. The van der Waals surface area contributed by atoms with Gasteiger partial charge in [-0.1, -0.05) is 18.2 Å². The van der Waals surface area contributed by atoms with Gasteiger partial charge in [0.15, 0.2) is 9.84 Å². The van der Waals surface area contributed by atoms with E-state index in [1.807, 2.05) is 0 Å². The molecule has 0 aliphatic rings. The number of hydrogen-bond donors (Lipinski definition) is 2. The Labute approximate surface area is 107 Å². The molecule has 18 heavy (non-hydrogen) atoms. The predicted octanol–water partition coefficient (Wildman–Crippen LogP) is 0.442. The Bertz CT molecular complexity index is 473. The first-order valence-electron chi connectivity index (χ1n) is 5.74. The van der Waals surface area contributed by atoms with E-state index in [2.05, 4.69) is 0 Å². The second-order valence-electron chi connectivity index (χ2n) is 4.13. The maximum atomic E-state index is 12.1. The Kier molecular flexibility index (Phi) is 5.46. The molecule has 4 N–H and O–H groups in total. The predicted molar refractivity (Wildman–Crippen MR) is 69.5 cm³/mol. The number of carbonyl (C=O) groups excluding carboxylic acids is 1. The lowest BCUT2D eigenvalue weighted by Gasteiger charge is -2.13. The fraction of sp³-hybridized carbons (Fsp3) is 0.417. The topological polar surface area (TPSA) is 103 Å². The SMILES string of the molecule is NC(CCC[C@H](N)C=O)S(=O)(=O)c1ccccc1. The third-order valence-corrected chi connectivity index (χ3v) is 4.63. The lowest BCUT2D eigenvalue weighted by molar-refractivity contribution is -0.109. The number of carbonyl (C=O) groups is 1. The summed E-state index contributed by atoms with van der Waals surface area (Å²) >= 11 is 0. The zero-order chi connectivity index (χ0) is 13.6. The number of nitrogens with two attached hydrogens (primary N) is 2. The molecule has 0 spiro atoms. The highest BCUT2D eigenvalue weighted by Crippen LogP contribution is 2.16. The van der Waals surface area contributed by atoms with E-state index in [1.54, 1.807) is 18.2 Å². The molecule has 0 amide bonds. The van der Waals surface area contributed by atoms with E-state index in [0.717, 1.165) is 0 Å². The Morgan fingerprint density at radius 1 is 1.11 bits per heavy atom. The average molecular weight is 270 g/mol. The van der Waals surface area contributed by atoms with Gasteiger partial charge in [-0.05, 0) is 31.4 Å². The Morgan fingerprint density at radius 3 is 2.28 bits per heavy atom. The standard InChI is InChI=1S/C12H18N2O3S/c13-10(9-15)5-4-8-12(14)18(16,17)11-6-2-1-3-7-11/h1-3,6-7,9-10,12H,4-5,8,13-14H2/t10-,12?/m0/s1. The van der Waals surface area contributed by atoms with Crippen LogP contribution in [0.2, 0.25) is 0 Å². The first-order chi connectivity index (χ1) is 8.48. The van der Waals surface area contributed by atoms with Gasteiger partial charge in [0, 0.05) is 0 Å². The highest BCUT2D eigenvalue weighted by Gasteiger charge is 2.23. The van der Waals surface area contributed by atoms with Crippen LogP contribution >= 0.6 is 0 Å². The van der Waals surface area contributed by atoms with Crippen LogP contribution in [0.3, 0.4) is 0 Å². The third kappa shape index (κ3) is 3.90. The van der Waals surface area contributed by atoms with E-state index in [9.17, 15) is 13.2 Å². The summed E-state index contributed by atoms with van der Waals surface area (Å²) in [6.07, 6.45) is 1.89. The van der Waals surface area contributed by atoms with E-state index in [1.165, 1.54) is 12.1 Å². The zero-order valence-corrected chi connectivity index (χ0v) is 10.8. The molecule has 0 saturated carbocycles. The number of sulfone groups is 1. The van der Waals surface area contributed by atoms with Crippen molar-refractivity contribution in [1.82, 2.24) is 0 Å². The van der Waals surface area contributed by atoms with Crippen molar-refractivity contribution in [1.29, 1.82) is 0 Å². The molecule has 1 unspecified atom stereocenters. The maximum Gasteiger partial charge on any atom is 0.193 e. The van der Waals surface area contributed by atoms with Crippen molar-refractivity contribution in [2.45, 2.75) is 35.6 Å². The van der Waals surface area contributed by atoms with Crippen molar-refractivity contribution in [2.75, 3.05) is 0 Å². The van der Waals surface area contributed by atoms with E-state index in [4.69, 9.17) is 11.5 Å². The van der Waals surface area contributed by atoms with Crippen molar-refractivity contribution in [3.05, 3.63) is 30.3 Å². The summed E-state index contributed by atoms with van der Waals surface area (Å²) in [5.74, 6) is 0. The lowest BCUT2D eigenvalue weighted by atomic mass is 10.1. The van der Waals surface area contributed by atoms with Gasteiger partial charge < -0.3 is 16.3 Å². The van der Waals surface area contributed by atoms with Crippen LogP contribution in [0.15, 0.2) is 35.2 Å². The van der Waals surface area contributed by atoms with Crippen LogP contribution in [-0.2, 0) is 14.6 Å². The molecule has 0 aromatic heterocycles. The minimum Gasteiger partial charge on any atom is -0.322 e. The van der Waals surface area contributed by atoms with Crippen LogP contribution in [0.4, 0.5) is 0 Å². The van der Waals surface area contributed by atoms with E-state index < -0.39 is 21.3 Å². The minimum absolute atomic E-state index is 0.220. The first-order valence-corrected chi connectivity index (χ1v) is 7.28. The molecule has 1 aromatic rings. The van der Waals surface area contributed by atoms with Crippen molar-refractivity contribution >= 4 is 16.1 Å². The summed E-state index contributed by atoms with van der Waals surface area (Å²) in [5.41, 5.74) is 11.1. The van der Waals surface area contributed by atoms with Crippen molar-refractivity contribution in [3.63, 3.8) is 0 Å². The fourth-order valence-corrected chi connectivity index (χ4v) is 2.93. The maximum absolute atomic E-state index is 12.1. The van der Waals surface area contributed by atoms with Crippen LogP contribution in [0, 0.1) is 0 Å². The molecule has 0 saturated heterocycles. The van der Waals surface area contributed by atoms with Crippen LogP contribution in [-0.4, -0.2) is 26.1 Å². The van der Waals surface area contributed by atoms with E-state index >= 15 is 0 Å². The molecule has 2 atom stereocenters. The molecule has 0 fully saturated rings. The molecular formula is C12H18N2O3S. The molecule has 0 aliphatic heterocycles. The molecule has 1 rings (SSSR count). The molecular weight excluding hydrogens is 252 g/mol. The number of aldehydes is 1. The van der Waals surface area contributed by atoms with Crippen molar-refractivity contribution in [2.24, 2.45) is 11.5 Å². The van der Waals surface area contributed by atoms with Gasteiger partial charge in [-0.2, -0.15) is 0 Å². The molecule has 100 valence electrons. The third-order valence-electron chi connectivity index (χ3n) is 2.67. The quantitative estimate of drug-likeness (QED) is 0.700. The van der Waals surface area contributed by atoms with Gasteiger partial charge in [0.25, 0.3) is 0 Å². The van der Waals surface area contributed by atoms with Gasteiger partial charge in [-0.15, -0.1) is 0 Å². The van der Waals surface area contributed by atoms with Crippen molar-refractivity contribution < 1.29 is 13.2 Å². The van der Waals surface area contributed by atoms with Gasteiger partial charge in [0.1, 0.15) is 11.7 Å². The molecule has 6 heteroatoms. The summed E-state index contributed by atoms with van der Waals surface area (Å²) in [4.78, 5) is 10.5. The zero-order valence-electron chi connectivity index (χ0n) is 10.0. The second-order valence-corrected chi connectivity index (χ2v) is 6.29. The molecule has 5 nitrogen and oxygen atoms in total. The van der Waals surface area contributed by atoms with E-state index in [0.29, 0.717) is 25.5 Å². The summed E-state index contributed by atoms with van der Waals surface area (Å²) in [5, 5.41) is -0.959. The van der Waals surface area contributed by atoms with Gasteiger partial charge >= 0.3 is 0 Å². The van der Waals surface area contributed by atoms with Gasteiger partial charge in [0.05, 0.1) is 10.9 Å². The Morgan fingerprint density at radius 2 is 1.72 bits per heavy atom. The smallest absolute Gasteiger partial charge is 0.193 e. The van der Waals surface area contributed by atoms with Crippen LogP contribution < -0.4 is 11.5 Å². The molecule has 0 heterocycles. The number of hydrogen-bond acceptors (Lipinski definition) is 5. The van der Waals surface area contributed by atoms with Crippen LogP contribution in [0.5, 0.6) is 0 Å². The summed E-state index contributed by atoms with van der Waals surface area (Å²) in [6.45, 7) is 0. The molecule has 0 aliphatic carbocycles. The Hall–Kier alpha value is -1.24. The highest BCUT2D eigenvalue weighted by atomic mass is 32.2. The monoisotopic (exact) mass is 270 g/mol. The van der Waals surface area contributed by atoms with Gasteiger partial charge in [-0.25, -0.2) is 8.42 Å². The number of benzene rings is 1. The van der Waals surface area contributed by atoms with E-state index in [-0.39, 0.29) is 4.90 Å². The largest absolute Gasteiger partial charge is 0.322 e. The Balaban J connectivity index is 2.61. The highest BCUT2D eigenvalue weighted by molar-refractivity contribution is 7.92. The summed E-state index contributed by atoms with van der Waals surface area (Å²) in [6, 6.07) is 7.55. The van der Waals surface area contributed by atoms with Gasteiger partial charge in [-0.3, -0.25) is 0 Å². The average Bonchev–Trinajstić information content (AvgIpc) is 2.39. The van der Waals surface area contributed by atoms with Crippen LogP contribution in [0.25, 0.3) is 0 Å². The van der Waals surface area contributed by atoms with Crippen molar-refractivity contribution in [3.8, 4) is 0 Å². The van der Waals surface area contributed by atoms with Crippen LogP contribution in [0.1, 0.15) is 19.3 Å². The second kappa shape index (κ2) is 6.63.